The van der Waals surface area contributed by atoms with Crippen LogP contribution in [0.5, 0.6) is 0 Å². The summed E-state index contributed by atoms with van der Waals surface area (Å²) in [4.78, 5) is 4.26. The number of nitrogens with zero attached hydrogens (tertiary/aromatic N) is 3. The highest BCUT2D eigenvalue weighted by molar-refractivity contribution is 4.81. The molecule has 0 atom stereocenters. The number of nitrogens with one attached hydrogen (secondary N) is 1. The number of hydrogen-bond acceptors (Lipinski definition) is 3. The molecule has 0 unspecified atom stereocenters. The fourth-order valence-electron chi connectivity index (χ4n) is 1.34. The maximum Gasteiger partial charge on any atom is 0.164 e. The summed E-state index contributed by atoms with van der Waals surface area (Å²) >= 11 is 0. The molecular formula is C11H22N4. The highest BCUT2D eigenvalue weighted by Crippen LogP contribution is 1.98. The van der Waals surface area contributed by atoms with Crippen LogP contribution in [0.15, 0.2) is 6.33 Å². The van der Waals surface area contributed by atoms with Gasteiger partial charge in [-0.1, -0.05) is 33.6 Å². The summed E-state index contributed by atoms with van der Waals surface area (Å²) in [6.07, 6.45) is 5.53. The number of hydrogen-bond donors (Lipinski definition) is 1. The first-order valence-electron chi connectivity index (χ1n) is 5.84. The molecule has 1 rings (SSSR count). The molecule has 0 aliphatic carbocycles. The highest BCUT2D eigenvalue weighted by Gasteiger charge is 2.01. The molecule has 4 nitrogen and oxygen atoms in total. The summed E-state index contributed by atoms with van der Waals surface area (Å²) in [5, 5.41) is 7.70. The molecule has 0 radical (unpaired) electrons. The second-order valence-electron chi connectivity index (χ2n) is 4.17. The van der Waals surface area contributed by atoms with Crippen molar-refractivity contribution in [3.8, 4) is 0 Å². The topological polar surface area (TPSA) is 42.7 Å². The van der Waals surface area contributed by atoms with Crippen LogP contribution in [0.4, 0.5) is 0 Å². The molecule has 0 amide bonds. The molecular weight excluding hydrogens is 188 g/mol. The van der Waals surface area contributed by atoms with Gasteiger partial charge in [-0.3, -0.25) is 4.68 Å². The van der Waals surface area contributed by atoms with Gasteiger partial charge in [-0.25, -0.2) is 4.98 Å². The highest BCUT2D eigenvalue weighted by atomic mass is 15.3. The Morgan fingerprint density at radius 3 is 2.87 bits per heavy atom. The lowest BCUT2D eigenvalue weighted by Crippen LogP contribution is -2.22. The molecule has 4 heteroatoms. The van der Waals surface area contributed by atoms with E-state index in [1.807, 2.05) is 11.0 Å². The minimum Gasteiger partial charge on any atom is -0.308 e. The Kier molecular flexibility index (Phi) is 5.32. The van der Waals surface area contributed by atoms with Gasteiger partial charge in [0.1, 0.15) is 6.33 Å². The maximum atomic E-state index is 4.40. The van der Waals surface area contributed by atoms with Crippen LogP contribution in [0.25, 0.3) is 0 Å². The largest absolute Gasteiger partial charge is 0.308 e. The Balaban J connectivity index is 2.29. The molecule has 0 bridgehead atoms. The van der Waals surface area contributed by atoms with E-state index in [4.69, 9.17) is 0 Å². The molecule has 0 aromatic carbocycles. The van der Waals surface area contributed by atoms with E-state index in [9.17, 15) is 0 Å². The van der Waals surface area contributed by atoms with Crippen LogP contribution in [0.1, 0.15) is 45.9 Å². The van der Waals surface area contributed by atoms with Crippen molar-refractivity contribution in [2.75, 3.05) is 0 Å². The van der Waals surface area contributed by atoms with E-state index in [2.05, 4.69) is 36.2 Å². The van der Waals surface area contributed by atoms with Crippen LogP contribution < -0.4 is 5.32 Å². The van der Waals surface area contributed by atoms with Crippen molar-refractivity contribution >= 4 is 0 Å². The zero-order valence-electron chi connectivity index (χ0n) is 10.0. The van der Waals surface area contributed by atoms with Gasteiger partial charge >= 0.3 is 0 Å². The predicted octanol–water partition coefficient (Wildman–Crippen LogP) is 1.97. The Labute approximate surface area is 92.1 Å². The molecule has 1 aromatic rings. The third-order valence-corrected chi connectivity index (χ3v) is 2.24. The quantitative estimate of drug-likeness (QED) is 0.700. The van der Waals surface area contributed by atoms with Crippen LogP contribution in [0.3, 0.4) is 0 Å². The van der Waals surface area contributed by atoms with E-state index in [1.165, 1.54) is 19.3 Å². The van der Waals surface area contributed by atoms with Crippen molar-refractivity contribution in [1.82, 2.24) is 20.1 Å². The molecule has 1 heterocycles. The zero-order valence-corrected chi connectivity index (χ0v) is 10.0. The van der Waals surface area contributed by atoms with Crippen LogP contribution >= 0.6 is 0 Å². The second-order valence-corrected chi connectivity index (χ2v) is 4.17. The van der Waals surface area contributed by atoms with Crippen molar-refractivity contribution in [3.63, 3.8) is 0 Å². The molecule has 1 N–H and O–H groups in total. The molecule has 0 fully saturated rings. The average Bonchev–Trinajstić information content (AvgIpc) is 2.63. The van der Waals surface area contributed by atoms with Gasteiger partial charge in [0.25, 0.3) is 0 Å². The molecule has 0 aliphatic rings. The fraction of sp³-hybridized carbons (Fsp3) is 0.818. The number of aromatic nitrogens is 3. The first-order chi connectivity index (χ1) is 7.22. The van der Waals surface area contributed by atoms with Gasteiger partial charge in [-0.05, 0) is 6.42 Å². The van der Waals surface area contributed by atoms with Gasteiger partial charge in [0.05, 0.1) is 6.54 Å². The third-order valence-electron chi connectivity index (χ3n) is 2.24. The van der Waals surface area contributed by atoms with Gasteiger partial charge in [-0.2, -0.15) is 5.10 Å². The summed E-state index contributed by atoms with van der Waals surface area (Å²) in [6.45, 7) is 8.21. The average molecular weight is 210 g/mol. The number of aryl methyl sites for hydroxylation is 1. The summed E-state index contributed by atoms with van der Waals surface area (Å²) < 4.78 is 1.94. The summed E-state index contributed by atoms with van der Waals surface area (Å²) in [7, 11) is 0. The minimum atomic E-state index is 0.483. The van der Waals surface area contributed by atoms with Crippen molar-refractivity contribution in [1.29, 1.82) is 0 Å². The van der Waals surface area contributed by atoms with E-state index in [0.717, 1.165) is 18.9 Å². The van der Waals surface area contributed by atoms with Crippen LogP contribution in [0, 0.1) is 0 Å². The van der Waals surface area contributed by atoms with Gasteiger partial charge in [0, 0.05) is 12.6 Å². The van der Waals surface area contributed by atoms with E-state index in [0.29, 0.717) is 6.04 Å². The monoisotopic (exact) mass is 210 g/mol. The molecule has 0 saturated carbocycles. The normalized spacial score (nSPS) is 11.2. The van der Waals surface area contributed by atoms with Crippen molar-refractivity contribution in [2.24, 2.45) is 0 Å². The lowest BCUT2D eigenvalue weighted by molar-refractivity contribution is 0.533. The first-order valence-corrected chi connectivity index (χ1v) is 5.84. The molecule has 0 spiro atoms. The Morgan fingerprint density at radius 1 is 1.40 bits per heavy atom. The van der Waals surface area contributed by atoms with Crippen molar-refractivity contribution in [3.05, 3.63) is 12.2 Å². The molecule has 86 valence electrons. The third kappa shape index (κ3) is 4.93. The Bertz CT molecular complexity index is 267. The predicted molar refractivity (Wildman–Crippen MR) is 61.5 cm³/mol. The maximum absolute atomic E-state index is 4.40. The summed E-state index contributed by atoms with van der Waals surface area (Å²) in [5.41, 5.74) is 0. The lowest BCUT2D eigenvalue weighted by Gasteiger charge is -2.04. The van der Waals surface area contributed by atoms with Crippen molar-refractivity contribution in [2.45, 2.75) is 59.2 Å². The SMILES string of the molecule is CCCCCn1cnc(CNC(C)C)n1. The minimum absolute atomic E-state index is 0.483. The van der Waals surface area contributed by atoms with E-state index in [1.54, 1.807) is 0 Å². The van der Waals surface area contributed by atoms with Gasteiger partial charge in [0.2, 0.25) is 0 Å². The van der Waals surface area contributed by atoms with Gasteiger partial charge in [-0.15, -0.1) is 0 Å². The summed E-state index contributed by atoms with van der Waals surface area (Å²) in [6, 6.07) is 0.483. The standard InChI is InChI=1S/C11H22N4/c1-4-5-6-7-15-9-13-11(14-15)8-12-10(2)3/h9-10,12H,4-8H2,1-3H3. The van der Waals surface area contributed by atoms with Crippen LogP contribution in [0.2, 0.25) is 0 Å². The molecule has 1 aromatic heterocycles. The van der Waals surface area contributed by atoms with Gasteiger partial charge in [0.15, 0.2) is 5.82 Å². The smallest absolute Gasteiger partial charge is 0.164 e. The van der Waals surface area contributed by atoms with Gasteiger partial charge < -0.3 is 5.32 Å². The summed E-state index contributed by atoms with van der Waals surface area (Å²) in [5.74, 6) is 0.889. The molecule has 15 heavy (non-hydrogen) atoms. The zero-order chi connectivity index (χ0) is 11.1. The van der Waals surface area contributed by atoms with E-state index in [-0.39, 0.29) is 0 Å². The fourth-order valence-corrected chi connectivity index (χ4v) is 1.34. The number of rotatable bonds is 7. The van der Waals surface area contributed by atoms with Crippen molar-refractivity contribution < 1.29 is 0 Å². The first kappa shape index (κ1) is 12.2. The molecule has 0 saturated heterocycles. The van der Waals surface area contributed by atoms with E-state index < -0.39 is 0 Å². The second kappa shape index (κ2) is 6.56. The van der Waals surface area contributed by atoms with E-state index >= 15 is 0 Å². The number of unbranched alkanes of at least 4 members (excludes halogenated alkanes) is 2. The molecule has 0 aliphatic heterocycles. The Hall–Kier alpha value is -0.900. The van der Waals surface area contributed by atoms with Crippen LogP contribution in [-0.4, -0.2) is 20.8 Å². The van der Waals surface area contributed by atoms with Crippen LogP contribution in [-0.2, 0) is 13.1 Å². The lowest BCUT2D eigenvalue weighted by atomic mass is 10.2. The Morgan fingerprint density at radius 2 is 2.20 bits per heavy atom.